The number of nitrogens with zero attached hydrogens (tertiary/aromatic N) is 2. The summed E-state index contributed by atoms with van der Waals surface area (Å²) >= 11 is 5.94. The van der Waals surface area contributed by atoms with E-state index in [0.29, 0.717) is 22.2 Å². The predicted molar refractivity (Wildman–Crippen MR) is 93.1 cm³/mol. The van der Waals surface area contributed by atoms with Gasteiger partial charge < -0.3 is 20.5 Å². The maximum atomic E-state index is 12.4. The van der Waals surface area contributed by atoms with Crippen LogP contribution in [0.5, 0.6) is 11.5 Å². The molecule has 2 amide bonds. The monoisotopic (exact) mass is 362 g/mol. The first-order valence-electron chi connectivity index (χ1n) is 7.31. The molecule has 9 heteroatoms. The number of hydrogen-bond donors (Lipinski definition) is 2. The van der Waals surface area contributed by atoms with Crippen LogP contribution < -0.4 is 25.4 Å². The number of methoxy groups -OCH3 is 1. The number of benzene rings is 1. The highest BCUT2D eigenvalue weighted by Gasteiger charge is 2.29. The van der Waals surface area contributed by atoms with Crippen molar-refractivity contribution in [1.82, 2.24) is 4.98 Å². The Morgan fingerprint density at radius 2 is 2.24 bits per heavy atom. The van der Waals surface area contributed by atoms with Gasteiger partial charge >= 0.3 is 0 Å². The fourth-order valence-electron chi connectivity index (χ4n) is 2.37. The Bertz CT molecular complexity index is 843. The van der Waals surface area contributed by atoms with E-state index in [9.17, 15) is 9.59 Å². The number of halogens is 1. The highest BCUT2D eigenvalue weighted by atomic mass is 35.5. The van der Waals surface area contributed by atoms with Gasteiger partial charge in [0.15, 0.2) is 18.2 Å². The van der Waals surface area contributed by atoms with Crippen molar-refractivity contribution in [3.05, 3.63) is 35.4 Å². The van der Waals surface area contributed by atoms with Crippen LogP contribution in [0.1, 0.15) is 0 Å². The minimum absolute atomic E-state index is 0.174. The molecule has 0 radical (unpaired) electrons. The number of hydrogen-bond acceptors (Lipinski definition) is 6. The number of aromatic nitrogens is 1. The number of fused-ring (bicyclic) bond motifs is 1. The number of nitrogens with two attached hydrogens (primary N) is 1. The molecule has 0 fully saturated rings. The zero-order valence-electron chi connectivity index (χ0n) is 13.3. The number of carbonyl (C=O) groups excluding carboxylic acids is 2. The number of pyridine rings is 1. The number of anilines is 3. The molecule has 1 aromatic carbocycles. The van der Waals surface area contributed by atoms with Crippen LogP contribution in [0.25, 0.3) is 0 Å². The van der Waals surface area contributed by atoms with E-state index in [1.54, 1.807) is 30.3 Å². The summed E-state index contributed by atoms with van der Waals surface area (Å²) in [5, 5.41) is 3.12. The average molecular weight is 363 g/mol. The van der Waals surface area contributed by atoms with Crippen LogP contribution in [0, 0.1) is 0 Å². The molecule has 25 heavy (non-hydrogen) atoms. The van der Waals surface area contributed by atoms with Gasteiger partial charge in [-0.3, -0.25) is 14.5 Å². The van der Waals surface area contributed by atoms with Gasteiger partial charge in [0, 0.05) is 5.02 Å². The summed E-state index contributed by atoms with van der Waals surface area (Å²) in [4.78, 5) is 29.8. The van der Waals surface area contributed by atoms with Gasteiger partial charge in [0.2, 0.25) is 5.91 Å². The van der Waals surface area contributed by atoms with E-state index < -0.39 is 5.91 Å². The molecule has 0 unspecified atom stereocenters. The van der Waals surface area contributed by atoms with Gasteiger partial charge in [0.25, 0.3) is 5.91 Å². The lowest BCUT2D eigenvalue weighted by Crippen LogP contribution is -2.44. The minimum Gasteiger partial charge on any atom is -0.495 e. The van der Waals surface area contributed by atoms with Gasteiger partial charge in [-0.2, -0.15) is 0 Å². The maximum absolute atomic E-state index is 12.4. The van der Waals surface area contributed by atoms with Crippen molar-refractivity contribution in [2.75, 3.05) is 36.2 Å². The first-order valence-corrected chi connectivity index (χ1v) is 7.69. The molecule has 1 aromatic heterocycles. The van der Waals surface area contributed by atoms with E-state index >= 15 is 0 Å². The van der Waals surface area contributed by atoms with Crippen molar-refractivity contribution in [2.24, 2.45) is 0 Å². The normalized spacial score (nSPS) is 13.0. The van der Waals surface area contributed by atoms with Gasteiger partial charge in [0.05, 0.1) is 12.8 Å². The largest absolute Gasteiger partial charge is 0.495 e. The summed E-state index contributed by atoms with van der Waals surface area (Å²) in [6.07, 6.45) is 0. The van der Waals surface area contributed by atoms with Crippen molar-refractivity contribution in [3.63, 3.8) is 0 Å². The lowest BCUT2D eigenvalue weighted by Gasteiger charge is -2.27. The molecule has 8 nitrogen and oxygen atoms in total. The third kappa shape index (κ3) is 3.58. The Kier molecular flexibility index (Phi) is 4.62. The summed E-state index contributed by atoms with van der Waals surface area (Å²) in [6.45, 7) is -0.423. The number of nitrogens with one attached hydrogen (secondary N) is 1. The van der Waals surface area contributed by atoms with Crippen molar-refractivity contribution >= 4 is 40.7 Å². The number of ether oxygens (including phenoxy) is 2. The van der Waals surface area contributed by atoms with Gasteiger partial charge in [-0.25, -0.2) is 4.98 Å². The number of carbonyl (C=O) groups is 2. The first kappa shape index (κ1) is 16.8. The molecule has 1 aliphatic rings. The van der Waals surface area contributed by atoms with Crippen LogP contribution in [-0.4, -0.2) is 37.1 Å². The average Bonchev–Trinajstić information content (AvgIpc) is 2.58. The Balaban J connectivity index is 1.81. The van der Waals surface area contributed by atoms with Crippen molar-refractivity contribution in [3.8, 4) is 11.5 Å². The van der Waals surface area contributed by atoms with E-state index in [4.69, 9.17) is 26.8 Å². The highest BCUT2D eigenvalue weighted by molar-refractivity contribution is 6.31. The number of rotatable bonds is 4. The molecule has 0 spiro atoms. The zero-order chi connectivity index (χ0) is 18.0. The van der Waals surface area contributed by atoms with Gasteiger partial charge in [-0.05, 0) is 30.3 Å². The third-order valence-corrected chi connectivity index (χ3v) is 3.74. The van der Waals surface area contributed by atoms with Crippen LogP contribution >= 0.6 is 11.6 Å². The molecule has 3 N–H and O–H groups in total. The Labute approximate surface area is 148 Å². The number of amides is 2. The van der Waals surface area contributed by atoms with Crippen LogP contribution in [0.2, 0.25) is 5.02 Å². The molecule has 0 bridgehead atoms. The van der Waals surface area contributed by atoms with Crippen molar-refractivity contribution < 1.29 is 19.1 Å². The smallest absolute Gasteiger partial charge is 0.266 e. The Morgan fingerprint density at radius 3 is 3.00 bits per heavy atom. The SMILES string of the molecule is COc1ccc(Cl)cc1NC(=O)CN1C(=O)COc2ccc(N)nc21. The lowest BCUT2D eigenvalue weighted by molar-refractivity contribution is -0.123. The summed E-state index contributed by atoms with van der Waals surface area (Å²) in [5.41, 5.74) is 6.07. The van der Waals surface area contributed by atoms with Crippen LogP contribution in [0.15, 0.2) is 30.3 Å². The van der Waals surface area contributed by atoms with Gasteiger partial charge in [0.1, 0.15) is 18.1 Å². The van der Waals surface area contributed by atoms with E-state index in [1.807, 2.05) is 0 Å². The Hall–Kier alpha value is -3.00. The predicted octanol–water partition coefficient (Wildman–Crippen LogP) is 1.69. The molecular weight excluding hydrogens is 348 g/mol. The molecule has 0 saturated heterocycles. The molecule has 2 aromatic rings. The van der Waals surface area contributed by atoms with Crippen LogP contribution in [0.3, 0.4) is 0 Å². The summed E-state index contributed by atoms with van der Waals surface area (Å²) in [7, 11) is 1.48. The third-order valence-electron chi connectivity index (χ3n) is 3.51. The fourth-order valence-corrected chi connectivity index (χ4v) is 2.54. The fraction of sp³-hybridized carbons (Fsp3) is 0.188. The summed E-state index contributed by atoms with van der Waals surface area (Å²) in [6, 6.07) is 8.00. The lowest BCUT2D eigenvalue weighted by atomic mass is 10.2. The quantitative estimate of drug-likeness (QED) is 0.857. The minimum atomic E-state index is -0.439. The van der Waals surface area contributed by atoms with Crippen molar-refractivity contribution in [2.45, 2.75) is 0 Å². The van der Waals surface area contributed by atoms with E-state index in [-0.39, 0.29) is 30.7 Å². The second-order valence-electron chi connectivity index (χ2n) is 5.22. The number of nitrogen functional groups attached to an aromatic ring is 1. The first-order chi connectivity index (χ1) is 12.0. The highest BCUT2D eigenvalue weighted by Crippen LogP contribution is 2.31. The molecule has 2 heterocycles. The second-order valence-corrected chi connectivity index (χ2v) is 5.66. The summed E-state index contributed by atoms with van der Waals surface area (Å²) < 4.78 is 10.5. The van der Waals surface area contributed by atoms with Gasteiger partial charge in [-0.1, -0.05) is 11.6 Å². The molecule has 3 rings (SSSR count). The standard InChI is InChI=1S/C16H15ClN4O4/c1-24-11-3-2-9(17)6-10(11)19-14(22)7-21-15(23)8-25-12-4-5-13(18)20-16(12)21/h2-6H,7-8H2,1H3,(H2,18,20)(H,19,22). The molecule has 0 saturated carbocycles. The zero-order valence-corrected chi connectivity index (χ0v) is 14.0. The molecule has 0 atom stereocenters. The van der Waals surface area contributed by atoms with E-state index in [1.165, 1.54) is 12.0 Å². The van der Waals surface area contributed by atoms with Gasteiger partial charge in [-0.15, -0.1) is 0 Å². The van der Waals surface area contributed by atoms with Crippen LogP contribution in [0.4, 0.5) is 17.3 Å². The van der Waals surface area contributed by atoms with Crippen LogP contribution in [-0.2, 0) is 9.59 Å². The molecule has 0 aliphatic carbocycles. The molecule has 130 valence electrons. The second kappa shape index (κ2) is 6.86. The maximum Gasteiger partial charge on any atom is 0.266 e. The summed E-state index contributed by atoms with van der Waals surface area (Å²) in [5.74, 6) is 0.448. The van der Waals surface area contributed by atoms with E-state index in [2.05, 4.69) is 10.3 Å². The topological polar surface area (TPSA) is 107 Å². The molecular formula is C16H15ClN4O4. The Morgan fingerprint density at radius 1 is 1.44 bits per heavy atom. The molecule has 1 aliphatic heterocycles. The van der Waals surface area contributed by atoms with Crippen molar-refractivity contribution in [1.29, 1.82) is 0 Å². The van der Waals surface area contributed by atoms with E-state index in [0.717, 1.165) is 0 Å².